The lowest BCUT2D eigenvalue weighted by Gasteiger charge is -2.20. The van der Waals surface area contributed by atoms with Gasteiger partial charge in [0.25, 0.3) is 5.91 Å². The molecular weight excluding hydrogens is 386 g/mol. The van der Waals surface area contributed by atoms with Crippen LogP contribution in [0.2, 0.25) is 0 Å². The Morgan fingerprint density at radius 1 is 1.14 bits per heavy atom. The number of rotatable bonds is 7. The van der Waals surface area contributed by atoms with E-state index in [2.05, 4.69) is 29.1 Å². The third-order valence-electron chi connectivity index (χ3n) is 4.44. The summed E-state index contributed by atoms with van der Waals surface area (Å²) < 4.78 is 5.40. The zero-order valence-corrected chi connectivity index (χ0v) is 17.6. The van der Waals surface area contributed by atoms with Crippen molar-refractivity contribution < 1.29 is 14.6 Å². The van der Waals surface area contributed by atoms with Gasteiger partial charge in [-0.3, -0.25) is 4.79 Å². The molecule has 0 unspecified atom stereocenters. The maximum Gasteiger partial charge on any atom is 0.264 e. The number of nitrogens with one attached hydrogen (secondary N) is 1. The van der Waals surface area contributed by atoms with E-state index in [-0.39, 0.29) is 11.7 Å². The summed E-state index contributed by atoms with van der Waals surface area (Å²) >= 11 is 1.29. The maximum absolute atomic E-state index is 12.3. The number of thioether (sulfide) groups is 1. The second kappa shape index (κ2) is 9.52. The highest BCUT2D eigenvalue weighted by Crippen LogP contribution is 2.32. The first-order valence-electron chi connectivity index (χ1n) is 9.64. The molecule has 2 aromatic carbocycles. The number of phenolic OH excluding ortho intramolecular Hbond substituents is 1. The van der Waals surface area contributed by atoms with Crippen LogP contribution in [0.4, 0.5) is 11.4 Å². The number of aromatic hydroxyl groups is 1. The van der Waals surface area contributed by atoms with E-state index < -0.39 is 0 Å². The number of nitrogens with zero attached hydrogens (tertiary/aromatic N) is 2. The largest absolute Gasteiger partial charge is 0.504 e. The number of phenols is 1. The molecule has 1 aliphatic heterocycles. The van der Waals surface area contributed by atoms with E-state index in [1.165, 1.54) is 11.8 Å². The normalized spacial score (nSPS) is 16.3. The molecule has 1 heterocycles. The molecule has 1 saturated heterocycles. The van der Waals surface area contributed by atoms with Crippen LogP contribution in [0.5, 0.6) is 11.5 Å². The van der Waals surface area contributed by atoms with E-state index in [0.29, 0.717) is 22.4 Å². The lowest BCUT2D eigenvalue weighted by molar-refractivity contribution is -0.115. The van der Waals surface area contributed by atoms with Gasteiger partial charge in [0.15, 0.2) is 16.7 Å². The van der Waals surface area contributed by atoms with E-state index >= 15 is 0 Å². The van der Waals surface area contributed by atoms with Gasteiger partial charge >= 0.3 is 0 Å². The first-order chi connectivity index (χ1) is 14.0. The van der Waals surface area contributed by atoms with E-state index in [9.17, 15) is 9.90 Å². The van der Waals surface area contributed by atoms with Crippen molar-refractivity contribution in [3.8, 4) is 11.5 Å². The molecule has 2 aromatic rings. The molecule has 1 fully saturated rings. The third kappa shape index (κ3) is 5.12. The molecule has 1 amide bonds. The van der Waals surface area contributed by atoms with Gasteiger partial charge in [0.1, 0.15) is 0 Å². The van der Waals surface area contributed by atoms with Gasteiger partial charge in [-0.2, -0.15) is 0 Å². The summed E-state index contributed by atoms with van der Waals surface area (Å²) in [6.07, 6.45) is 1.76. The minimum atomic E-state index is -0.195. The monoisotopic (exact) mass is 411 g/mol. The fourth-order valence-corrected chi connectivity index (χ4v) is 3.81. The fourth-order valence-electron chi connectivity index (χ4n) is 2.97. The predicted octanol–water partition coefficient (Wildman–Crippen LogP) is 4.53. The van der Waals surface area contributed by atoms with E-state index in [4.69, 9.17) is 4.74 Å². The number of benzene rings is 2. The molecule has 0 bridgehead atoms. The molecule has 7 heteroatoms. The highest BCUT2D eigenvalue weighted by atomic mass is 32.2. The summed E-state index contributed by atoms with van der Waals surface area (Å²) in [5.41, 5.74) is 2.71. The average molecular weight is 412 g/mol. The highest BCUT2D eigenvalue weighted by Gasteiger charge is 2.24. The number of ether oxygens (including phenoxy) is 1. The molecule has 0 radical (unpaired) electrons. The van der Waals surface area contributed by atoms with Gasteiger partial charge in [-0.25, -0.2) is 4.99 Å². The smallest absolute Gasteiger partial charge is 0.264 e. The molecule has 6 nitrogen and oxygen atoms in total. The van der Waals surface area contributed by atoms with Crippen molar-refractivity contribution in [3.63, 3.8) is 0 Å². The van der Waals surface area contributed by atoms with Gasteiger partial charge in [-0.05, 0) is 80.6 Å². The Balaban J connectivity index is 1.76. The molecule has 0 aliphatic carbocycles. The standard InChI is InChI=1S/C22H25N3O3S/c1-4-25(5-2)17-10-8-16(9-11-17)23-22-24-21(27)20(29-22)14-15-7-12-18(26)19(13-15)28-6-3/h7-14,26H,4-6H2,1-3H3,(H,23,24,27)/b20-14-. The maximum atomic E-state index is 12.3. The van der Waals surface area contributed by atoms with Gasteiger partial charge in [0.05, 0.1) is 17.2 Å². The zero-order valence-electron chi connectivity index (χ0n) is 16.8. The topological polar surface area (TPSA) is 74.2 Å². The van der Waals surface area contributed by atoms with Gasteiger partial charge in [-0.1, -0.05) is 6.07 Å². The molecule has 0 atom stereocenters. The van der Waals surface area contributed by atoms with Crippen LogP contribution < -0.4 is 15.0 Å². The van der Waals surface area contributed by atoms with Crippen molar-refractivity contribution in [2.24, 2.45) is 4.99 Å². The second-order valence-corrected chi connectivity index (χ2v) is 7.36. The number of amides is 1. The van der Waals surface area contributed by atoms with Gasteiger partial charge in [0.2, 0.25) is 0 Å². The zero-order chi connectivity index (χ0) is 20.8. The Bertz CT molecular complexity index is 935. The summed E-state index contributed by atoms with van der Waals surface area (Å²) in [5, 5.41) is 13.2. The van der Waals surface area contributed by atoms with Gasteiger partial charge < -0.3 is 20.1 Å². The summed E-state index contributed by atoms with van der Waals surface area (Å²) in [4.78, 5) is 19.6. The van der Waals surface area contributed by atoms with Crippen LogP contribution in [0.1, 0.15) is 26.3 Å². The van der Waals surface area contributed by atoms with Crippen molar-refractivity contribution in [3.05, 3.63) is 52.9 Å². The summed E-state index contributed by atoms with van der Waals surface area (Å²) in [6.45, 7) is 8.46. The SMILES string of the molecule is CCOc1cc(/C=C2\SC(=Nc3ccc(N(CC)CC)cc3)NC2=O)ccc1O. The Morgan fingerprint density at radius 3 is 2.52 bits per heavy atom. The first-order valence-corrected chi connectivity index (χ1v) is 10.5. The van der Waals surface area contributed by atoms with Crippen molar-refractivity contribution >= 4 is 40.3 Å². The Kier molecular flexibility index (Phi) is 6.82. The fraction of sp³-hybridized carbons (Fsp3) is 0.273. The number of carbonyl (C=O) groups is 1. The van der Waals surface area contributed by atoms with Crippen LogP contribution in [-0.4, -0.2) is 35.9 Å². The van der Waals surface area contributed by atoms with E-state index in [1.807, 2.05) is 31.2 Å². The van der Waals surface area contributed by atoms with Crippen molar-refractivity contribution in [2.75, 3.05) is 24.6 Å². The number of carbonyl (C=O) groups excluding carboxylic acids is 1. The minimum Gasteiger partial charge on any atom is -0.504 e. The number of anilines is 1. The molecule has 0 saturated carbocycles. The summed E-state index contributed by atoms with van der Waals surface area (Å²) in [5.74, 6) is 0.278. The average Bonchev–Trinajstić information content (AvgIpc) is 3.05. The molecule has 2 N–H and O–H groups in total. The van der Waals surface area contributed by atoms with Crippen molar-refractivity contribution in [1.82, 2.24) is 5.32 Å². The molecular formula is C22H25N3O3S. The van der Waals surface area contributed by atoms with Crippen LogP contribution in [0.3, 0.4) is 0 Å². The lowest BCUT2D eigenvalue weighted by atomic mass is 10.2. The van der Waals surface area contributed by atoms with Crippen LogP contribution in [-0.2, 0) is 4.79 Å². The third-order valence-corrected chi connectivity index (χ3v) is 5.35. The molecule has 152 valence electrons. The number of amidine groups is 1. The van der Waals surface area contributed by atoms with Crippen LogP contribution in [0.15, 0.2) is 52.4 Å². The Hall–Kier alpha value is -2.93. The summed E-state index contributed by atoms with van der Waals surface area (Å²) in [7, 11) is 0. The Morgan fingerprint density at radius 2 is 1.86 bits per heavy atom. The highest BCUT2D eigenvalue weighted by molar-refractivity contribution is 8.18. The van der Waals surface area contributed by atoms with Gasteiger partial charge in [-0.15, -0.1) is 0 Å². The molecule has 3 rings (SSSR count). The van der Waals surface area contributed by atoms with Gasteiger partial charge in [0, 0.05) is 18.8 Å². The number of hydrogen-bond acceptors (Lipinski definition) is 6. The number of hydrogen-bond donors (Lipinski definition) is 2. The van der Waals surface area contributed by atoms with Crippen LogP contribution >= 0.6 is 11.8 Å². The molecule has 0 spiro atoms. The predicted molar refractivity (Wildman–Crippen MR) is 120 cm³/mol. The first kappa shape index (κ1) is 20.8. The van der Waals surface area contributed by atoms with Crippen molar-refractivity contribution in [1.29, 1.82) is 0 Å². The second-order valence-electron chi connectivity index (χ2n) is 6.33. The Labute approximate surface area is 175 Å². The van der Waals surface area contributed by atoms with Crippen molar-refractivity contribution in [2.45, 2.75) is 20.8 Å². The molecule has 1 aliphatic rings. The molecule has 29 heavy (non-hydrogen) atoms. The lowest BCUT2D eigenvalue weighted by Crippen LogP contribution is -2.21. The minimum absolute atomic E-state index is 0.0768. The van der Waals surface area contributed by atoms with E-state index in [1.54, 1.807) is 24.3 Å². The quantitative estimate of drug-likeness (QED) is 0.655. The van der Waals surface area contributed by atoms with Crippen LogP contribution in [0, 0.1) is 0 Å². The molecule has 0 aromatic heterocycles. The van der Waals surface area contributed by atoms with Crippen LogP contribution in [0.25, 0.3) is 6.08 Å². The van der Waals surface area contributed by atoms with E-state index in [0.717, 1.165) is 30.0 Å². The summed E-state index contributed by atoms with van der Waals surface area (Å²) in [6, 6.07) is 13.0. The number of aliphatic imine (C=N–C) groups is 1.